The number of aliphatic imine (C=N–C) groups is 1. The van der Waals surface area contributed by atoms with E-state index in [0.717, 1.165) is 28.7 Å². The standard InChI is InChI=1S/C28H33N5O4/c1-3-14-33(15-5-16-34)28(36)24-17-23-12-11-22(18-25(23)30-26(19-24)31-32-29)21-9-6-20(7-10-21)8-13-27(35)37-4-2/h6-13,17-18,34H,3-5,14-16,19H2,1-2H3,(H2,29,30,31)/b13-8+. The van der Waals surface area contributed by atoms with Crippen LogP contribution in [-0.2, 0) is 14.3 Å². The number of nitrogens with zero attached hydrogens (tertiary/aromatic N) is 4. The zero-order valence-corrected chi connectivity index (χ0v) is 21.3. The first-order chi connectivity index (χ1) is 18.0. The maximum Gasteiger partial charge on any atom is 0.330 e. The molecule has 9 heteroatoms. The van der Waals surface area contributed by atoms with Gasteiger partial charge in [-0.15, -0.1) is 5.11 Å². The highest BCUT2D eigenvalue weighted by molar-refractivity contribution is 6.06. The maximum atomic E-state index is 13.3. The molecular formula is C28H33N5O4. The third-order valence-electron chi connectivity index (χ3n) is 5.72. The number of fused-ring (bicyclic) bond motifs is 1. The number of aliphatic hydroxyl groups excluding tert-OH is 1. The molecule has 9 nitrogen and oxygen atoms in total. The van der Waals surface area contributed by atoms with Gasteiger partial charge in [0.25, 0.3) is 0 Å². The molecule has 0 radical (unpaired) electrons. The number of rotatable bonds is 10. The predicted molar refractivity (Wildman–Crippen MR) is 145 cm³/mol. The second-order valence-corrected chi connectivity index (χ2v) is 8.44. The average Bonchev–Trinajstić information content (AvgIpc) is 3.09. The monoisotopic (exact) mass is 503 g/mol. The molecule has 0 bridgehead atoms. The largest absolute Gasteiger partial charge is 0.463 e. The number of benzene rings is 2. The minimum atomic E-state index is -0.377. The third-order valence-corrected chi connectivity index (χ3v) is 5.72. The summed E-state index contributed by atoms with van der Waals surface area (Å²) in [7, 11) is 0. The zero-order chi connectivity index (χ0) is 26.6. The van der Waals surface area contributed by atoms with Crippen molar-refractivity contribution in [2.45, 2.75) is 33.1 Å². The van der Waals surface area contributed by atoms with E-state index in [0.29, 0.717) is 43.2 Å². The highest BCUT2D eigenvalue weighted by Crippen LogP contribution is 2.33. The van der Waals surface area contributed by atoms with E-state index in [9.17, 15) is 14.7 Å². The van der Waals surface area contributed by atoms with Gasteiger partial charge in [-0.3, -0.25) is 4.79 Å². The fourth-order valence-corrected chi connectivity index (χ4v) is 3.98. The Balaban J connectivity index is 1.91. The molecule has 0 aliphatic carbocycles. The second kappa shape index (κ2) is 13.8. The Hall–Kier alpha value is -4.11. The van der Waals surface area contributed by atoms with Crippen LogP contribution in [0.2, 0.25) is 0 Å². The molecular weight excluding hydrogens is 470 g/mol. The lowest BCUT2D eigenvalue weighted by atomic mass is 10.00. The molecule has 2 aromatic rings. The number of nitrogens with two attached hydrogens (primary N) is 1. The lowest BCUT2D eigenvalue weighted by Crippen LogP contribution is -2.34. The van der Waals surface area contributed by atoms with Gasteiger partial charge in [0.1, 0.15) is 0 Å². The Bertz CT molecular complexity index is 1220. The molecule has 0 unspecified atom stereocenters. The van der Waals surface area contributed by atoms with Crippen molar-refractivity contribution in [3.63, 3.8) is 0 Å². The molecule has 1 aliphatic heterocycles. The smallest absolute Gasteiger partial charge is 0.330 e. The van der Waals surface area contributed by atoms with E-state index >= 15 is 0 Å². The van der Waals surface area contributed by atoms with Gasteiger partial charge in [-0.2, -0.15) is 0 Å². The molecule has 0 saturated carbocycles. The number of hydrogen-bond donors (Lipinski definition) is 2. The van der Waals surface area contributed by atoms with Crippen LogP contribution < -0.4 is 5.84 Å². The maximum absolute atomic E-state index is 13.3. The van der Waals surface area contributed by atoms with E-state index in [4.69, 9.17) is 10.6 Å². The van der Waals surface area contributed by atoms with E-state index in [1.807, 2.05) is 55.5 Å². The molecule has 0 atom stereocenters. The first-order valence-electron chi connectivity index (χ1n) is 12.4. The molecule has 0 spiro atoms. The summed E-state index contributed by atoms with van der Waals surface area (Å²) in [5, 5.41) is 16.6. The van der Waals surface area contributed by atoms with Crippen LogP contribution in [0.1, 0.15) is 44.2 Å². The topological polar surface area (TPSA) is 130 Å². The van der Waals surface area contributed by atoms with Gasteiger partial charge in [-0.25, -0.2) is 9.79 Å². The number of amidine groups is 1. The zero-order valence-electron chi connectivity index (χ0n) is 21.3. The van der Waals surface area contributed by atoms with Crippen molar-refractivity contribution in [3.8, 4) is 11.1 Å². The fraction of sp³-hybridized carbons (Fsp3) is 0.321. The number of carbonyl (C=O) groups is 2. The number of carbonyl (C=O) groups excluding carboxylic acids is 2. The third kappa shape index (κ3) is 7.68. The first kappa shape index (κ1) is 27.5. The summed E-state index contributed by atoms with van der Waals surface area (Å²) in [6, 6.07) is 13.6. The summed E-state index contributed by atoms with van der Waals surface area (Å²) in [6.45, 7) is 5.20. The highest BCUT2D eigenvalue weighted by atomic mass is 16.5. The molecule has 194 valence electrons. The van der Waals surface area contributed by atoms with Gasteiger partial charge in [0, 0.05) is 43.3 Å². The van der Waals surface area contributed by atoms with Crippen LogP contribution in [0.5, 0.6) is 0 Å². The lowest BCUT2D eigenvalue weighted by molar-refractivity contribution is -0.137. The molecule has 1 amide bonds. The second-order valence-electron chi connectivity index (χ2n) is 8.44. The Labute approximate surface area is 217 Å². The van der Waals surface area contributed by atoms with E-state index in [2.05, 4.69) is 15.3 Å². The number of amides is 1. The minimum absolute atomic E-state index is 0.0227. The van der Waals surface area contributed by atoms with Crippen molar-refractivity contribution in [2.75, 3.05) is 26.3 Å². The molecule has 0 fully saturated rings. The Kier molecular flexibility index (Phi) is 10.3. The van der Waals surface area contributed by atoms with E-state index in [-0.39, 0.29) is 24.9 Å². The van der Waals surface area contributed by atoms with Crippen LogP contribution >= 0.6 is 0 Å². The highest BCUT2D eigenvalue weighted by Gasteiger charge is 2.22. The number of esters is 1. The first-order valence-corrected chi connectivity index (χ1v) is 12.4. The van der Waals surface area contributed by atoms with Gasteiger partial charge in [0.2, 0.25) is 5.91 Å². The van der Waals surface area contributed by atoms with Crippen LogP contribution in [0.15, 0.2) is 69.4 Å². The number of ether oxygens (including phenoxy) is 1. The molecule has 3 rings (SSSR count). The summed E-state index contributed by atoms with van der Waals surface area (Å²) in [5.41, 5.74) is 4.77. The summed E-state index contributed by atoms with van der Waals surface area (Å²) < 4.78 is 4.91. The Morgan fingerprint density at radius 3 is 2.57 bits per heavy atom. The van der Waals surface area contributed by atoms with Crippen LogP contribution in [-0.4, -0.2) is 54.0 Å². The molecule has 37 heavy (non-hydrogen) atoms. The van der Waals surface area contributed by atoms with Crippen LogP contribution in [0, 0.1) is 0 Å². The van der Waals surface area contributed by atoms with Crippen LogP contribution in [0.25, 0.3) is 23.3 Å². The normalized spacial score (nSPS) is 13.2. The van der Waals surface area contributed by atoms with Crippen molar-refractivity contribution >= 4 is 35.6 Å². The molecule has 2 aromatic carbocycles. The molecule has 1 heterocycles. The molecule has 0 aromatic heterocycles. The van der Waals surface area contributed by atoms with Gasteiger partial charge in [-0.05, 0) is 54.7 Å². The van der Waals surface area contributed by atoms with Crippen molar-refractivity contribution < 1.29 is 19.4 Å². The number of aliphatic hydroxyl groups is 1. The van der Waals surface area contributed by atoms with Crippen LogP contribution in [0.4, 0.5) is 5.69 Å². The van der Waals surface area contributed by atoms with E-state index < -0.39 is 0 Å². The predicted octanol–water partition coefficient (Wildman–Crippen LogP) is 4.69. The summed E-state index contributed by atoms with van der Waals surface area (Å²) in [6.07, 6.45) is 6.48. The Morgan fingerprint density at radius 2 is 1.89 bits per heavy atom. The fourth-order valence-electron chi connectivity index (χ4n) is 3.98. The quantitative estimate of drug-likeness (QED) is 0.160. The molecule has 1 aliphatic rings. The van der Waals surface area contributed by atoms with Gasteiger partial charge >= 0.3 is 5.97 Å². The summed E-state index contributed by atoms with van der Waals surface area (Å²) >= 11 is 0. The van der Waals surface area contributed by atoms with Gasteiger partial charge in [0.05, 0.1) is 12.3 Å². The average molecular weight is 504 g/mol. The van der Waals surface area contributed by atoms with E-state index in [1.54, 1.807) is 17.9 Å². The van der Waals surface area contributed by atoms with Crippen LogP contribution in [0.3, 0.4) is 0 Å². The van der Waals surface area contributed by atoms with Crippen molar-refractivity contribution in [1.29, 1.82) is 0 Å². The lowest BCUT2D eigenvalue weighted by Gasteiger charge is -2.23. The SMILES string of the molecule is CCCN(CCCO)C(=O)C1=Cc2ccc(-c3ccc(/C=C/C(=O)OCC)cc3)cc2N=C(N=NN)C1. The minimum Gasteiger partial charge on any atom is -0.463 e. The summed E-state index contributed by atoms with van der Waals surface area (Å²) in [4.78, 5) is 31.3. The van der Waals surface area contributed by atoms with Crippen molar-refractivity contribution in [1.82, 2.24) is 4.90 Å². The Morgan fingerprint density at radius 1 is 1.14 bits per heavy atom. The molecule has 3 N–H and O–H groups in total. The summed E-state index contributed by atoms with van der Waals surface area (Å²) in [5.74, 6) is 5.17. The number of hydrogen-bond acceptors (Lipinski definition) is 7. The van der Waals surface area contributed by atoms with E-state index in [1.165, 1.54) is 6.08 Å². The van der Waals surface area contributed by atoms with Crippen molar-refractivity contribution in [3.05, 3.63) is 65.2 Å². The molecule has 0 saturated heterocycles. The van der Waals surface area contributed by atoms with Gasteiger partial charge in [-0.1, -0.05) is 48.5 Å². The van der Waals surface area contributed by atoms with Gasteiger partial charge < -0.3 is 20.6 Å². The van der Waals surface area contributed by atoms with Gasteiger partial charge in [0.15, 0.2) is 5.84 Å². The van der Waals surface area contributed by atoms with Crippen molar-refractivity contribution in [2.24, 2.45) is 21.2 Å².